The number of nitrogens with one attached hydrogen (secondary N) is 1. The summed E-state index contributed by atoms with van der Waals surface area (Å²) >= 11 is 0. The minimum absolute atomic E-state index is 0.0267. The number of aryl methyl sites for hydroxylation is 1. The van der Waals surface area contributed by atoms with Gasteiger partial charge in [0.25, 0.3) is 11.5 Å². The number of aromatic nitrogens is 2. The van der Waals surface area contributed by atoms with E-state index in [4.69, 9.17) is 0 Å². The van der Waals surface area contributed by atoms with Crippen LogP contribution in [0.3, 0.4) is 0 Å². The molecule has 3 heterocycles. The lowest BCUT2D eigenvalue weighted by atomic mass is 9.93. The number of benzene rings is 1. The van der Waals surface area contributed by atoms with Crippen LogP contribution < -0.4 is 5.56 Å². The molecule has 152 valence electrons. The molecule has 4 rings (SSSR count). The van der Waals surface area contributed by atoms with Gasteiger partial charge in [-0.05, 0) is 55.9 Å². The number of carbonyl (C=O) groups is 1. The van der Waals surface area contributed by atoms with E-state index in [1.54, 1.807) is 11.6 Å². The van der Waals surface area contributed by atoms with Crippen LogP contribution in [0.4, 0.5) is 0 Å². The first kappa shape index (κ1) is 19.5. The first-order valence-electron chi connectivity index (χ1n) is 10.5. The Kier molecular flexibility index (Phi) is 5.07. The Morgan fingerprint density at radius 1 is 1.10 bits per heavy atom. The SMILES string of the molecule is CCC1CCN(C(=O)c2ccc(-c3cn(C)c(=O)c(C)c3C)c3cc[nH]c23)CC1. The topological polar surface area (TPSA) is 58.1 Å². The summed E-state index contributed by atoms with van der Waals surface area (Å²) in [6, 6.07) is 5.97. The van der Waals surface area contributed by atoms with Crippen molar-refractivity contribution in [3.63, 3.8) is 0 Å². The maximum Gasteiger partial charge on any atom is 0.255 e. The van der Waals surface area contributed by atoms with Crippen molar-refractivity contribution in [2.24, 2.45) is 13.0 Å². The van der Waals surface area contributed by atoms with Gasteiger partial charge in [0.15, 0.2) is 0 Å². The molecule has 1 saturated heterocycles. The molecular formula is C24H29N3O2. The number of fused-ring (bicyclic) bond motifs is 1. The van der Waals surface area contributed by atoms with Gasteiger partial charge in [-0.3, -0.25) is 9.59 Å². The lowest BCUT2D eigenvalue weighted by Crippen LogP contribution is -2.38. The van der Waals surface area contributed by atoms with Crippen molar-refractivity contribution in [1.82, 2.24) is 14.5 Å². The van der Waals surface area contributed by atoms with Crippen LogP contribution in [-0.2, 0) is 7.05 Å². The quantitative estimate of drug-likeness (QED) is 0.719. The molecule has 3 aromatic rings. The largest absolute Gasteiger partial charge is 0.361 e. The van der Waals surface area contributed by atoms with E-state index in [2.05, 4.69) is 11.9 Å². The zero-order valence-corrected chi connectivity index (χ0v) is 17.7. The zero-order valence-electron chi connectivity index (χ0n) is 17.7. The highest BCUT2D eigenvalue weighted by Crippen LogP contribution is 2.33. The summed E-state index contributed by atoms with van der Waals surface area (Å²) in [6.45, 7) is 7.75. The van der Waals surface area contributed by atoms with Crippen LogP contribution in [0.25, 0.3) is 22.0 Å². The summed E-state index contributed by atoms with van der Waals surface area (Å²) in [5.74, 6) is 0.842. The van der Waals surface area contributed by atoms with Gasteiger partial charge in [0.05, 0.1) is 11.1 Å². The van der Waals surface area contributed by atoms with Gasteiger partial charge in [-0.25, -0.2) is 0 Å². The van der Waals surface area contributed by atoms with E-state index in [1.165, 1.54) is 6.42 Å². The predicted molar refractivity (Wildman–Crippen MR) is 117 cm³/mol. The zero-order chi connectivity index (χ0) is 20.7. The molecule has 1 N–H and O–H groups in total. The van der Waals surface area contributed by atoms with E-state index < -0.39 is 0 Å². The van der Waals surface area contributed by atoms with E-state index in [0.29, 0.717) is 0 Å². The van der Waals surface area contributed by atoms with Crippen LogP contribution in [0.2, 0.25) is 0 Å². The van der Waals surface area contributed by atoms with E-state index in [1.807, 2.05) is 49.3 Å². The lowest BCUT2D eigenvalue weighted by molar-refractivity contribution is 0.0690. The van der Waals surface area contributed by atoms with Crippen molar-refractivity contribution in [2.75, 3.05) is 13.1 Å². The number of likely N-dealkylation sites (tertiary alicyclic amines) is 1. The molecule has 1 amide bonds. The van der Waals surface area contributed by atoms with Crippen molar-refractivity contribution in [1.29, 1.82) is 0 Å². The molecule has 1 aromatic carbocycles. The Bertz CT molecular complexity index is 1130. The number of hydrogen-bond donors (Lipinski definition) is 1. The van der Waals surface area contributed by atoms with Crippen molar-refractivity contribution in [3.8, 4) is 11.1 Å². The monoisotopic (exact) mass is 391 g/mol. The average Bonchev–Trinajstić information content (AvgIpc) is 3.24. The molecule has 0 atom stereocenters. The van der Waals surface area contributed by atoms with Crippen LogP contribution >= 0.6 is 0 Å². The Morgan fingerprint density at radius 3 is 2.52 bits per heavy atom. The smallest absolute Gasteiger partial charge is 0.255 e. The minimum atomic E-state index is 0.0267. The number of pyridine rings is 1. The number of aromatic amines is 1. The maximum atomic E-state index is 13.2. The van der Waals surface area contributed by atoms with Crippen molar-refractivity contribution in [3.05, 3.63) is 57.6 Å². The second-order valence-electron chi connectivity index (χ2n) is 8.28. The molecule has 1 fully saturated rings. The predicted octanol–water partition coefficient (Wildman–Crippen LogP) is 4.41. The van der Waals surface area contributed by atoms with Crippen LogP contribution in [0.1, 0.15) is 47.7 Å². The first-order chi connectivity index (χ1) is 13.9. The molecule has 29 heavy (non-hydrogen) atoms. The molecule has 0 spiro atoms. The summed E-state index contributed by atoms with van der Waals surface area (Å²) in [6.07, 6.45) is 7.15. The van der Waals surface area contributed by atoms with Crippen molar-refractivity contribution < 1.29 is 4.79 Å². The maximum absolute atomic E-state index is 13.2. The highest BCUT2D eigenvalue weighted by molar-refractivity contribution is 6.09. The number of amides is 1. The molecule has 0 radical (unpaired) electrons. The van der Waals surface area contributed by atoms with Gasteiger partial charge in [0.2, 0.25) is 0 Å². The summed E-state index contributed by atoms with van der Waals surface area (Å²) in [5.41, 5.74) is 5.43. The van der Waals surface area contributed by atoms with Gasteiger partial charge in [0, 0.05) is 49.0 Å². The van der Waals surface area contributed by atoms with Crippen LogP contribution in [0.5, 0.6) is 0 Å². The second kappa shape index (κ2) is 7.54. The fraction of sp³-hybridized carbons (Fsp3) is 0.417. The third-order valence-electron chi connectivity index (χ3n) is 6.65. The number of carbonyl (C=O) groups excluding carboxylic acids is 1. The fourth-order valence-electron chi connectivity index (χ4n) is 4.53. The Balaban J connectivity index is 1.76. The molecule has 0 unspecified atom stereocenters. The number of piperidine rings is 1. The third-order valence-corrected chi connectivity index (χ3v) is 6.65. The minimum Gasteiger partial charge on any atom is -0.361 e. The fourth-order valence-corrected chi connectivity index (χ4v) is 4.53. The number of hydrogen-bond acceptors (Lipinski definition) is 2. The molecule has 1 aliphatic heterocycles. The first-order valence-corrected chi connectivity index (χ1v) is 10.5. The number of rotatable bonds is 3. The molecular weight excluding hydrogens is 362 g/mol. The highest BCUT2D eigenvalue weighted by Gasteiger charge is 2.25. The van der Waals surface area contributed by atoms with Gasteiger partial charge in [-0.1, -0.05) is 19.4 Å². The molecule has 1 aliphatic rings. The van der Waals surface area contributed by atoms with Gasteiger partial charge in [-0.2, -0.15) is 0 Å². The van der Waals surface area contributed by atoms with Crippen LogP contribution in [0.15, 0.2) is 35.4 Å². The van der Waals surface area contributed by atoms with E-state index in [-0.39, 0.29) is 11.5 Å². The van der Waals surface area contributed by atoms with Gasteiger partial charge >= 0.3 is 0 Å². The molecule has 5 heteroatoms. The summed E-state index contributed by atoms with van der Waals surface area (Å²) in [7, 11) is 1.78. The molecule has 0 aliphatic carbocycles. The van der Waals surface area contributed by atoms with Crippen molar-refractivity contribution in [2.45, 2.75) is 40.0 Å². The van der Waals surface area contributed by atoms with Crippen molar-refractivity contribution >= 4 is 16.8 Å². The summed E-state index contributed by atoms with van der Waals surface area (Å²) < 4.78 is 1.63. The van der Waals surface area contributed by atoms with E-state index in [0.717, 1.165) is 70.6 Å². The summed E-state index contributed by atoms with van der Waals surface area (Å²) in [4.78, 5) is 30.8. The van der Waals surface area contributed by atoms with E-state index in [9.17, 15) is 9.59 Å². The van der Waals surface area contributed by atoms with Crippen LogP contribution in [0, 0.1) is 19.8 Å². The van der Waals surface area contributed by atoms with Crippen LogP contribution in [-0.4, -0.2) is 33.4 Å². The summed E-state index contributed by atoms with van der Waals surface area (Å²) in [5, 5.41) is 1.01. The van der Waals surface area contributed by atoms with E-state index >= 15 is 0 Å². The van der Waals surface area contributed by atoms with Gasteiger partial charge < -0.3 is 14.5 Å². The van der Waals surface area contributed by atoms with Gasteiger partial charge in [-0.15, -0.1) is 0 Å². The molecule has 0 bridgehead atoms. The van der Waals surface area contributed by atoms with Gasteiger partial charge in [0.1, 0.15) is 0 Å². The normalized spacial score (nSPS) is 15.2. The lowest BCUT2D eigenvalue weighted by Gasteiger charge is -2.31. The molecule has 2 aromatic heterocycles. The number of nitrogens with zero attached hydrogens (tertiary/aromatic N) is 2. The Hall–Kier alpha value is -2.82. The Morgan fingerprint density at radius 2 is 1.83 bits per heavy atom. The number of H-pyrrole nitrogens is 1. The average molecular weight is 392 g/mol. The Labute approximate surface area is 171 Å². The molecule has 0 saturated carbocycles. The third kappa shape index (κ3) is 3.28. The highest BCUT2D eigenvalue weighted by atomic mass is 16.2. The molecule has 5 nitrogen and oxygen atoms in total. The second-order valence-corrected chi connectivity index (χ2v) is 8.28. The standard InChI is InChI=1S/C24H29N3O2/c1-5-17-9-12-27(13-10-17)24(29)20-7-6-18(19-8-11-25-22(19)20)21-14-26(4)23(28)16(3)15(21)2/h6-8,11,14,17,25H,5,9-10,12-13H2,1-4H3.